The maximum absolute atomic E-state index is 12.0. The highest BCUT2D eigenvalue weighted by Gasteiger charge is 2.11. The Hall–Kier alpha value is -2.09. The molecule has 23 heavy (non-hydrogen) atoms. The number of amides is 1. The molecule has 0 fully saturated rings. The van der Waals surface area contributed by atoms with Crippen molar-refractivity contribution < 1.29 is 4.79 Å². The van der Waals surface area contributed by atoms with Gasteiger partial charge in [0.25, 0.3) is 0 Å². The Morgan fingerprint density at radius 2 is 2.00 bits per heavy atom. The zero-order chi connectivity index (χ0) is 16.8. The first-order chi connectivity index (χ1) is 11.0. The van der Waals surface area contributed by atoms with Crippen LogP contribution in [-0.2, 0) is 11.3 Å². The molecular formula is C15H22N6OS. The summed E-state index contributed by atoms with van der Waals surface area (Å²) in [4.78, 5) is 14.0. The van der Waals surface area contributed by atoms with Crippen molar-refractivity contribution >= 4 is 29.0 Å². The van der Waals surface area contributed by atoms with Crippen LogP contribution in [0.2, 0.25) is 0 Å². The first-order valence-electron chi connectivity index (χ1n) is 7.42. The molecule has 0 aliphatic carbocycles. The van der Waals surface area contributed by atoms with Gasteiger partial charge in [-0.1, -0.05) is 25.6 Å². The number of hydrogen-bond acceptors (Lipinski definition) is 6. The first-order valence-corrected chi connectivity index (χ1v) is 8.40. The minimum absolute atomic E-state index is 0.0771. The van der Waals surface area contributed by atoms with Crippen LogP contribution >= 0.6 is 11.8 Å². The van der Waals surface area contributed by atoms with Crippen LogP contribution in [0.3, 0.4) is 0 Å². The van der Waals surface area contributed by atoms with Crippen LogP contribution in [0.25, 0.3) is 0 Å². The van der Waals surface area contributed by atoms with Crippen LogP contribution in [0.5, 0.6) is 0 Å². The molecular weight excluding hydrogens is 312 g/mol. The van der Waals surface area contributed by atoms with Crippen LogP contribution in [-0.4, -0.2) is 46.0 Å². The highest BCUT2D eigenvalue weighted by atomic mass is 32.2. The summed E-state index contributed by atoms with van der Waals surface area (Å²) >= 11 is 1.34. The molecule has 0 atom stereocenters. The average Bonchev–Trinajstić information content (AvgIpc) is 2.92. The Balaban J connectivity index is 1.87. The predicted octanol–water partition coefficient (Wildman–Crippen LogP) is 2.13. The van der Waals surface area contributed by atoms with Gasteiger partial charge in [-0.2, -0.15) is 0 Å². The van der Waals surface area contributed by atoms with E-state index in [1.165, 1.54) is 11.8 Å². The molecule has 2 aromatic rings. The van der Waals surface area contributed by atoms with Crippen molar-refractivity contribution in [3.05, 3.63) is 24.3 Å². The number of carbonyl (C=O) groups is 1. The maximum atomic E-state index is 12.0. The van der Waals surface area contributed by atoms with E-state index in [2.05, 4.69) is 34.7 Å². The van der Waals surface area contributed by atoms with Gasteiger partial charge in [-0.15, -0.1) is 5.10 Å². The molecule has 2 rings (SSSR count). The lowest BCUT2D eigenvalue weighted by atomic mass is 10.2. The summed E-state index contributed by atoms with van der Waals surface area (Å²) in [5, 5.41) is 15.1. The molecule has 0 radical (unpaired) electrons. The second-order valence-corrected chi connectivity index (χ2v) is 6.76. The van der Waals surface area contributed by atoms with Gasteiger partial charge in [-0.3, -0.25) is 4.79 Å². The lowest BCUT2D eigenvalue weighted by Gasteiger charge is -2.13. The van der Waals surface area contributed by atoms with Gasteiger partial charge in [0.15, 0.2) is 0 Å². The molecule has 8 heteroatoms. The largest absolute Gasteiger partial charge is 0.378 e. The van der Waals surface area contributed by atoms with E-state index in [9.17, 15) is 4.79 Å². The number of carbonyl (C=O) groups excluding carboxylic acids is 1. The first kappa shape index (κ1) is 17.3. The van der Waals surface area contributed by atoms with Crippen LogP contribution in [0, 0.1) is 5.92 Å². The number of tetrazole rings is 1. The number of thioether (sulfide) groups is 1. The van der Waals surface area contributed by atoms with E-state index >= 15 is 0 Å². The number of nitrogens with one attached hydrogen (secondary N) is 1. The van der Waals surface area contributed by atoms with Crippen molar-refractivity contribution in [1.82, 2.24) is 20.2 Å². The number of anilines is 2. The molecule has 0 bridgehead atoms. The molecule has 1 N–H and O–H groups in total. The van der Waals surface area contributed by atoms with Crippen LogP contribution in [0.4, 0.5) is 11.4 Å². The smallest absolute Gasteiger partial charge is 0.234 e. The summed E-state index contributed by atoms with van der Waals surface area (Å²) in [7, 11) is 3.96. The minimum Gasteiger partial charge on any atom is -0.378 e. The summed E-state index contributed by atoms with van der Waals surface area (Å²) in [6.07, 6.45) is 0. The van der Waals surface area contributed by atoms with Crippen molar-refractivity contribution in [3.63, 3.8) is 0 Å². The van der Waals surface area contributed by atoms with Gasteiger partial charge in [0.05, 0.1) is 5.75 Å². The van der Waals surface area contributed by atoms with Crippen LogP contribution in [0.15, 0.2) is 29.4 Å². The van der Waals surface area contributed by atoms with Gasteiger partial charge in [-0.05, 0) is 40.6 Å². The molecule has 7 nitrogen and oxygen atoms in total. The van der Waals surface area contributed by atoms with Crippen molar-refractivity contribution in [2.75, 3.05) is 30.1 Å². The van der Waals surface area contributed by atoms with E-state index in [0.717, 1.165) is 17.9 Å². The van der Waals surface area contributed by atoms with E-state index in [1.807, 2.05) is 43.3 Å². The normalized spacial score (nSPS) is 10.8. The standard InChI is InChI=1S/C15H22N6OS/c1-11(2)9-21-15(17-18-19-21)23-10-14(22)16-12-5-7-13(8-6-12)20(3)4/h5-8,11H,9-10H2,1-4H3,(H,16,22). The second-order valence-electron chi connectivity index (χ2n) is 5.82. The van der Waals surface area contributed by atoms with E-state index in [-0.39, 0.29) is 11.7 Å². The summed E-state index contributed by atoms with van der Waals surface area (Å²) < 4.78 is 1.73. The fourth-order valence-corrected chi connectivity index (χ4v) is 2.62. The molecule has 0 saturated heterocycles. The summed E-state index contributed by atoms with van der Waals surface area (Å²) in [6, 6.07) is 7.71. The lowest BCUT2D eigenvalue weighted by molar-refractivity contribution is -0.113. The number of benzene rings is 1. The Morgan fingerprint density at radius 3 is 2.61 bits per heavy atom. The summed E-state index contributed by atoms with van der Waals surface area (Å²) in [5.41, 5.74) is 1.87. The highest BCUT2D eigenvalue weighted by Crippen LogP contribution is 2.18. The number of nitrogens with zero attached hydrogens (tertiary/aromatic N) is 5. The monoisotopic (exact) mass is 334 g/mol. The van der Waals surface area contributed by atoms with Gasteiger partial charge >= 0.3 is 0 Å². The average molecular weight is 334 g/mol. The molecule has 1 aromatic heterocycles. The van der Waals surface area contributed by atoms with Crippen molar-refractivity contribution in [2.45, 2.75) is 25.5 Å². The molecule has 1 amide bonds. The molecule has 0 aliphatic rings. The Kier molecular flexibility index (Phi) is 5.97. The van der Waals surface area contributed by atoms with Gasteiger partial charge in [0, 0.05) is 32.0 Å². The minimum atomic E-state index is -0.0771. The SMILES string of the molecule is CC(C)Cn1nnnc1SCC(=O)Nc1ccc(N(C)C)cc1. The lowest BCUT2D eigenvalue weighted by Crippen LogP contribution is -2.15. The van der Waals surface area contributed by atoms with Crippen LogP contribution in [0.1, 0.15) is 13.8 Å². The molecule has 0 spiro atoms. The quantitative estimate of drug-likeness (QED) is 0.782. The number of rotatable bonds is 7. The van der Waals surface area contributed by atoms with Crippen molar-refractivity contribution in [1.29, 1.82) is 0 Å². The predicted molar refractivity (Wildman–Crippen MR) is 92.8 cm³/mol. The van der Waals surface area contributed by atoms with Gasteiger partial charge in [0.1, 0.15) is 0 Å². The van der Waals surface area contributed by atoms with E-state index < -0.39 is 0 Å². The highest BCUT2D eigenvalue weighted by molar-refractivity contribution is 7.99. The maximum Gasteiger partial charge on any atom is 0.234 e. The van der Waals surface area contributed by atoms with Crippen LogP contribution < -0.4 is 10.2 Å². The van der Waals surface area contributed by atoms with E-state index in [4.69, 9.17) is 0 Å². The fourth-order valence-electron chi connectivity index (χ4n) is 1.93. The van der Waals surface area contributed by atoms with Gasteiger partial charge < -0.3 is 10.2 Å². The van der Waals surface area contributed by atoms with Crippen molar-refractivity contribution in [3.8, 4) is 0 Å². The van der Waals surface area contributed by atoms with Gasteiger partial charge in [0.2, 0.25) is 11.1 Å². The zero-order valence-corrected chi connectivity index (χ0v) is 14.7. The fraction of sp³-hybridized carbons (Fsp3) is 0.467. The molecule has 0 aliphatic heterocycles. The number of aromatic nitrogens is 4. The Labute approximate surface area is 140 Å². The topological polar surface area (TPSA) is 75.9 Å². The van der Waals surface area contributed by atoms with E-state index in [1.54, 1.807) is 4.68 Å². The molecule has 0 unspecified atom stereocenters. The molecule has 1 aromatic carbocycles. The zero-order valence-electron chi connectivity index (χ0n) is 13.9. The van der Waals surface area contributed by atoms with Gasteiger partial charge in [-0.25, -0.2) is 4.68 Å². The number of hydrogen-bond donors (Lipinski definition) is 1. The Bertz CT molecular complexity index is 638. The molecule has 0 saturated carbocycles. The molecule has 124 valence electrons. The second kappa shape index (κ2) is 7.96. The summed E-state index contributed by atoms with van der Waals surface area (Å²) in [6.45, 7) is 4.93. The van der Waals surface area contributed by atoms with E-state index in [0.29, 0.717) is 11.1 Å². The summed E-state index contributed by atoms with van der Waals surface area (Å²) in [5.74, 6) is 0.641. The van der Waals surface area contributed by atoms with Crippen molar-refractivity contribution in [2.24, 2.45) is 5.92 Å². The third kappa shape index (κ3) is 5.24. The third-order valence-electron chi connectivity index (χ3n) is 3.04. The Morgan fingerprint density at radius 1 is 1.30 bits per heavy atom. The third-order valence-corrected chi connectivity index (χ3v) is 3.99. The molecule has 1 heterocycles.